The Balaban J connectivity index is 1.34. The van der Waals surface area contributed by atoms with Crippen LogP contribution in [0.3, 0.4) is 0 Å². The van der Waals surface area contributed by atoms with Crippen LogP contribution in [-0.2, 0) is 7.05 Å². The molecule has 1 fully saturated rings. The van der Waals surface area contributed by atoms with Crippen molar-refractivity contribution in [3.8, 4) is 28.3 Å². The molecule has 3 heterocycles. The molecule has 1 N–H and O–H groups in total. The summed E-state index contributed by atoms with van der Waals surface area (Å²) in [4.78, 5) is 27.9. The second-order valence-corrected chi connectivity index (χ2v) is 9.20. The molecule has 2 aromatic heterocycles. The van der Waals surface area contributed by atoms with Crippen LogP contribution in [0, 0.1) is 0 Å². The highest BCUT2D eigenvalue weighted by Gasteiger charge is 2.24. The third-order valence-corrected chi connectivity index (χ3v) is 6.29. The smallest absolute Gasteiger partial charge is 0.255 e. The van der Waals surface area contributed by atoms with E-state index in [0.29, 0.717) is 23.9 Å². The molecule has 5 rings (SSSR count). The maximum Gasteiger partial charge on any atom is 0.255 e. The Morgan fingerprint density at radius 1 is 1.00 bits per heavy atom. The molecule has 4 aromatic rings. The summed E-state index contributed by atoms with van der Waals surface area (Å²) in [5, 5.41) is 3.61. The highest BCUT2D eigenvalue weighted by atomic mass is 16.5. The van der Waals surface area contributed by atoms with Crippen LogP contribution in [-0.4, -0.2) is 45.3 Å². The van der Waals surface area contributed by atoms with E-state index in [1.165, 1.54) is 18.0 Å². The van der Waals surface area contributed by atoms with Gasteiger partial charge in [-0.3, -0.25) is 9.36 Å². The predicted molar refractivity (Wildman–Crippen MR) is 141 cm³/mol. The van der Waals surface area contributed by atoms with Gasteiger partial charge in [-0.1, -0.05) is 36.4 Å². The molecular weight excluding hydrogens is 452 g/mol. The molecule has 0 radical (unpaired) electrons. The number of anilines is 1. The summed E-state index contributed by atoms with van der Waals surface area (Å²) in [6.45, 7) is 6.30. The molecule has 0 amide bonds. The minimum absolute atomic E-state index is 0.113. The summed E-state index contributed by atoms with van der Waals surface area (Å²) in [6, 6.07) is 20.2. The molecule has 2 aromatic carbocycles. The van der Waals surface area contributed by atoms with Gasteiger partial charge in [-0.15, -0.1) is 0 Å². The first-order valence-corrected chi connectivity index (χ1v) is 12.2. The Labute approximate surface area is 210 Å². The molecule has 0 saturated carbocycles. The fraction of sp³-hybridized carbons (Fsp3) is 0.286. The molecule has 0 bridgehead atoms. The molecule has 0 spiro atoms. The van der Waals surface area contributed by atoms with Crippen LogP contribution in [0.4, 0.5) is 5.95 Å². The number of nitrogens with zero attached hydrogens (tertiary/aromatic N) is 5. The van der Waals surface area contributed by atoms with Crippen molar-refractivity contribution < 1.29 is 4.74 Å². The van der Waals surface area contributed by atoms with Crippen molar-refractivity contribution in [2.45, 2.75) is 26.0 Å². The van der Waals surface area contributed by atoms with E-state index in [1.807, 2.05) is 26.0 Å². The number of hydrogen-bond acceptors (Lipinski definition) is 7. The normalized spacial score (nSPS) is 15.8. The number of nitrogens with one attached hydrogen (secondary N) is 1. The van der Waals surface area contributed by atoms with Crippen LogP contribution in [0.15, 0.2) is 78.0 Å². The number of aromatic nitrogens is 4. The summed E-state index contributed by atoms with van der Waals surface area (Å²) in [7, 11) is 1.76. The van der Waals surface area contributed by atoms with Gasteiger partial charge in [0, 0.05) is 45.0 Å². The topological polar surface area (TPSA) is 85.2 Å². The Morgan fingerprint density at radius 2 is 1.72 bits per heavy atom. The van der Waals surface area contributed by atoms with Crippen LogP contribution in [0.1, 0.15) is 25.5 Å². The van der Waals surface area contributed by atoms with Gasteiger partial charge in [-0.25, -0.2) is 15.0 Å². The van der Waals surface area contributed by atoms with Gasteiger partial charge in [0.15, 0.2) is 0 Å². The van der Waals surface area contributed by atoms with Crippen molar-refractivity contribution in [2.75, 3.05) is 24.5 Å². The minimum Gasteiger partial charge on any atom is -0.491 e. The first-order valence-electron chi connectivity index (χ1n) is 12.2. The Hall–Kier alpha value is -4.04. The third-order valence-electron chi connectivity index (χ3n) is 6.29. The first kappa shape index (κ1) is 23.7. The molecule has 1 atom stereocenters. The molecule has 1 saturated heterocycles. The van der Waals surface area contributed by atoms with Gasteiger partial charge in [0.2, 0.25) is 5.95 Å². The lowest BCUT2D eigenvalue weighted by molar-refractivity contribution is 0.242. The lowest BCUT2D eigenvalue weighted by Crippen LogP contribution is -2.47. The molecule has 36 heavy (non-hydrogen) atoms. The van der Waals surface area contributed by atoms with E-state index >= 15 is 0 Å². The zero-order chi connectivity index (χ0) is 25.1. The molecule has 0 unspecified atom stereocenters. The maximum atomic E-state index is 12.7. The van der Waals surface area contributed by atoms with Gasteiger partial charge in [0.25, 0.3) is 5.56 Å². The van der Waals surface area contributed by atoms with E-state index in [0.717, 1.165) is 30.0 Å². The van der Waals surface area contributed by atoms with Crippen molar-refractivity contribution in [3.05, 3.63) is 89.1 Å². The zero-order valence-corrected chi connectivity index (χ0v) is 20.8. The van der Waals surface area contributed by atoms with Crippen LogP contribution in [0.2, 0.25) is 0 Å². The molecular formula is C28H30N6O2. The third kappa shape index (κ3) is 5.13. The van der Waals surface area contributed by atoms with E-state index in [9.17, 15) is 4.79 Å². The van der Waals surface area contributed by atoms with Gasteiger partial charge >= 0.3 is 0 Å². The van der Waals surface area contributed by atoms with Gasteiger partial charge in [0.05, 0.1) is 17.5 Å². The van der Waals surface area contributed by atoms with Gasteiger partial charge < -0.3 is 15.0 Å². The van der Waals surface area contributed by atoms with Crippen molar-refractivity contribution in [1.82, 2.24) is 24.8 Å². The fourth-order valence-corrected chi connectivity index (χ4v) is 4.44. The summed E-state index contributed by atoms with van der Waals surface area (Å²) in [5.74, 6) is 1.52. The lowest BCUT2D eigenvalue weighted by atomic mass is 9.99. The van der Waals surface area contributed by atoms with E-state index in [4.69, 9.17) is 9.72 Å². The fourth-order valence-electron chi connectivity index (χ4n) is 4.44. The van der Waals surface area contributed by atoms with Crippen molar-refractivity contribution in [3.63, 3.8) is 0 Å². The van der Waals surface area contributed by atoms with Gasteiger partial charge in [-0.05, 0) is 48.7 Å². The summed E-state index contributed by atoms with van der Waals surface area (Å²) in [6.07, 6.45) is 3.27. The van der Waals surface area contributed by atoms with Crippen molar-refractivity contribution >= 4 is 5.95 Å². The maximum absolute atomic E-state index is 12.7. The Kier molecular flexibility index (Phi) is 6.77. The van der Waals surface area contributed by atoms with E-state index in [-0.39, 0.29) is 17.7 Å². The first-order chi connectivity index (χ1) is 17.5. The summed E-state index contributed by atoms with van der Waals surface area (Å²) < 4.78 is 7.35. The average Bonchev–Trinajstić information content (AvgIpc) is 2.91. The van der Waals surface area contributed by atoms with Gasteiger partial charge in [-0.2, -0.15) is 0 Å². The second-order valence-electron chi connectivity index (χ2n) is 9.20. The van der Waals surface area contributed by atoms with Crippen LogP contribution in [0.5, 0.6) is 5.75 Å². The van der Waals surface area contributed by atoms with Crippen LogP contribution >= 0.6 is 0 Å². The number of piperazine rings is 1. The van der Waals surface area contributed by atoms with E-state index in [1.54, 1.807) is 23.9 Å². The molecule has 1 aliphatic rings. The number of rotatable bonds is 6. The minimum atomic E-state index is -0.113. The summed E-state index contributed by atoms with van der Waals surface area (Å²) >= 11 is 0. The molecule has 8 nitrogen and oxygen atoms in total. The van der Waals surface area contributed by atoms with Crippen LogP contribution in [0.25, 0.3) is 22.5 Å². The standard InChI is InChI=1S/C28H30N6O2/c1-19(2)36-23-10-8-21(9-11-23)20-4-6-22(7-5-20)26-17-34(15-14-30-26)28-32-25(16-27(35)33(28)3)24-12-13-29-18-31-24/h4-13,16,18-19,26,30H,14-15,17H2,1-3H3/t26-/m1/s1. The molecule has 0 aliphatic carbocycles. The monoisotopic (exact) mass is 482 g/mol. The Bertz CT molecular complexity index is 1370. The second kappa shape index (κ2) is 10.3. The molecule has 1 aliphatic heterocycles. The number of benzene rings is 2. The molecule has 8 heteroatoms. The SMILES string of the molecule is CC(C)Oc1ccc(-c2ccc([C@H]3CN(c4nc(-c5ccncn5)cc(=O)n4C)CCN3)cc2)cc1. The van der Waals surface area contributed by atoms with Crippen molar-refractivity contribution in [1.29, 1.82) is 0 Å². The lowest BCUT2D eigenvalue weighted by Gasteiger charge is -2.35. The zero-order valence-electron chi connectivity index (χ0n) is 20.8. The van der Waals surface area contributed by atoms with Crippen molar-refractivity contribution in [2.24, 2.45) is 7.05 Å². The largest absolute Gasteiger partial charge is 0.491 e. The number of ether oxygens (including phenoxy) is 1. The van der Waals surface area contributed by atoms with E-state index < -0.39 is 0 Å². The Morgan fingerprint density at radius 3 is 2.39 bits per heavy atom. The van der Waals surface area contributed by atoms with Gasteiger partial charge in [0.1, 0.15) is 12.1 Å². The number of hydrogen-bond donors (Lipinski definition) is 1. The quantitative estimate of drug-likeness (QED) is 0.447. The van der Waals surface area contributed by atoms with E-state index in [2.05, 4.69) is 56.6 Å². The highest BCUT2D eigenvalue weighted by Crippen LogP contribution is 2.27. The average molecular weight is 483 g/mol. The van der Waals surface area contributed by atoms with Crippen LogP contribution < -0.4 is 20.5 Å². The highest BCUT2D eigenvalue weighted by molar-refractivity contribution is 5.64. The summed E-state index contributed by atoms with van der Waals surface area (Å²) in [5.41, 5.74) is 4.58. The molecule has 184 valence electrons. The predicted octanol–water partition coefficient (Wildman–Crippen LogP) is 3.84.